The van der Waals surface area contributed by atoms with Crippen molar-refractivity contribution in [3.63, 3.8) is 0 Å². The van der Waals surface area contributed by atoms with Gasteiger partial charge in [-0.1, -0.05) is 6.07 Å². The highest BCUT2D eigenvalue weighted by molar-refractivity contribution is 5.73. The number of benzene rings is 1. The zero-order valence-electron chi connectivity index (χ0n) is 13.9. The fourth-order valence-corrected chi connectivity index (χ4v) is 2.01. The lowest BCUT2D eigenvalue weighted by Crippen LogP contribution is -2.33. The largest absolute Gasteiger partial charge is 0.444 e. The van der Waals surface area contributed by atoms with E-state index in [0.717, 1.165) is 16.8 Å². The van der Waals surface area contributed by atoms with Crippen molar-refractivity contribution in [3.8, 4) is 0 Å². The molecule has 1 aliphatic heterocycles. The Morgan fingerprint density at radius 3 is 2.36 bits per heavy atom. The first-order valence-corrected chi connectivity index (χ1v) is 7.19. The number of nitrogens with zero attached hydrogens (tertiary/aromatic N) is 1. The number of nitrogens with one attached hydrogen (secondary N) is 2. The van der Waals surface area contributed by atoms with Crippen molar-refractivity contribution in [2.75, 3.05) is 19.4 Å². The van der Waals surface area contributed by atoms with Crippen LogP contribution in [0.3, 0.4) is 0 Å². The number of amides is 2. The van der Waals surface area contributed by atoms with Crippen LogP contribution in [0.5, 0.6) is 0 Å². The van der Waals surface area contributed by atoms with E-state index in [-0.39, 0.29) is 6.09 Å². The van der Waals surface area contributed by atoms with Crippen molar-refractivity contribution in [2.24, 2.45) is 0 Å². The standard InChI is InChI=1S/C14H18N2O3.C2H7N/c1-14(2,3)19-13(18)16-7-10-4-5-12(15-9-17)6-11(10)8-16;1-3-2/h4-6,9H,7-8H2,1-3H3,(H,15,17);3H,1-2H3. The molecular weight excluding hydrogens is 282 g/mol. The second kappa shape index (κ2) is 7.79. The summed E-state index contributed by atoms with van der Waals surface area (Å²) in [7, 11) is 3.75. The smallest absolute Gasteiger partial charge is 0.410 e. The average Bonchev–Trinajstić information content (AvgIpc) is 2.81. The van der Waals surface area contributed by atoms with E-state index in [1.165, 1.54) is 0 Å². The van der Waals surface area contributed by atoms with Crippen LogP contribution in [0, 0.1) is 0 Å². The van der Waals surface area contributed by atoms with Gasteiger partial charge in [0.25, 0.3) is 0 Å². The van der Waals surface area contributed by atoms with Crippen LogP contribution in [0.2, 0.25) is 0 Å². The summed E-state index contributed by atoms with van der Waals surface area (Å²) in [6, 6.07) is 5.63. The number of hydrogen-bond acceptors (Lipinski definition) is 4. The highest BCUT2D eigenvalue weighted by Crippen LogP contribution is 2.26. The van der Waals surface area contributed by atoms with Crippen molar-refractivity contribution in [2.45, 2.75) is 39.5 Å². The van der Waals surface area contributed by atoms with Crippen molar-refractivity contribution in [1.82, 2.24) is 10.2 Å². The van der Waals surface area contributed by atoms with E-state index in [2.05, 4.69) is 10.6 Å². The number of carbonyl (C=O) groups excluding carboxylic acids is 2. The number of rotatable bonds is 2. The van der Waals surface area contributed by atoms with E-state index in [9.17, 15) is 9.59 Å². The van der Waals surface area contributed by atoms with Crippen molar-refractivity contribution in [1.29, 1.82) is 0 Å². The van der Waals surface area contributed by atoms with Crippen LogP contribution in [0.15, 0.2) is 18.2 Å². The Hall–Kier alpha value is -2.08. The normalized spacial score (nSPS) is 12.9. The molecule has 1 aromatic carbocycles. The Kier molecular flexibility index (Phi) is 6.37. The van der Waals surface area contributed by atoms with Gasteiger partial charge in [0.15, 0.2) is 0 Å². The molecule has 0 saturated carbocycles. The minimum absolute atomic E-state index is 0.311. The zero-order chi connectivity index (χ0) is 16.8. The van der Waals surface area contributed by atoms with Gasteiger partial charge in [-0.2, -0.15) is 0 Å². The van der Waals surface area contributed by atoms with Gasteiger partial charge in [0.2, 0.25) is 6.41 Å². The van der Waals surface area contributed by atoms with E-state index in [0.29, 0.717) is 19.5 Å². The van der Waals surface area contributed by atoms with Gasteiger partial charge < -0.3 is 15.4 Å². The Morgan fingerprint density at radius 2 is 1.82 bits per heavy atom. The van der Waals surface area contributed by atoms with Gasteiger partial charge in [-0.25, -0.2) is 4.79 Å². The minimum Gasteiger partial charge on any atom is -0.444 e. The third-order valence-electron chi connectivity index (χ3n) is 2.81. The van der Waals surface area contributed by atoms with Crippen molar-refractivity contribution in [3.05, 3.63) is 29.3 Å². The summed E-state index contributed by atoms with van der Waals surface area (Å²) < 4.78 is 5.35. The molecule has 0 saturated heterocycles. The lowest BCUT2D eigenvalue weighted by molar-refractivity contribution is -0.105. The van der Waals surface area contributed by atoms with Crippen LogP contribution in [0.25, 0.3) is 0 Å². The molecule has 2 rings (SSSR count). The molecule has 0 radical (unpaired) electrons. The SMILES string of the molecule is CC(C)(C)OC(=O)N1Cc2ccc(NC=O)cc2C1.CNC. The summed E-state index contributed by atoms with van der Waals surface area (Å²) >= 11 is 0. The predicted octanol–water partition coefficient (Wildman–Crippen LogP) is 2.34. The van der Waals surface area contributed by atoms with Crippen LogP contribution in [0.4, 0.5) is 10.5 Å². The Bertz CT molecular complexity index is 524. The van der Waals surface area contributed by atoms with Crippen molar-refractivity contribution < 1.29 is 14.3 Å². The molecule has 0 bridgehead atoms. The molecule has 0 spiro atoms. The van der Waals surface area contributed by atoms with Gasteiger partial charge in [0, 0.05) is 18.8 Å². The van der Waals surface area contributed by atoms with Crippen LogP contribution in [0.1, 0.15) is 31.9 Å². The summed E-state index contributed by atoms with van der Waals surface area (Å²) in [6.45, 7) is 6.60. The molecule has 0 unspecified atom stereocenters. The lowest BCUT2D eigenvalue weighted by atomic mass is 10.1. The molecule has 1 heterocycles. The molecule has 22 heavy (non-hydrogen) atoms. The summed E-state index contributed by atoms with van der Waals surface area (Å²) in [6.07, 6.45) is 0.330. The fourth-order valence-electron chi connectivity index (χ4n) is 2.01. The zero-order valence-corrected chi connectivity index (χ0v) is 13.9. The predicted molar refractivity (Wildman–Crippen MR) is 86.6 cm³/mol. The summed E-state index contributed by atoms with van der Waals surface area (Å²) in [5.41, 5.74) is 2.37. The number of hydrogen-bond donors (Lipinski definition) is 2. The molecule has 6 heteroatoms. The molecule has 0 aromatic heterocycles. The maximum atomic E-state index is 12.0. The topological polar surface area (TPSA) is 70.7 Å². The number of ether oxygens (including phenoxy) is 1. The van der Waals surface area contributed by atoms with Gasteiger partial charge >= 0.3 is 6.09 Å². The molecule has 6 nitrogen and oxygen atoms in total. The first-order chi connectivity index (χ1) is 10.3. The third kappa shape index (κ3) is 5.37. The first-order valence-electron chi connectivity index (χ1n) is 7.19. The van der Waals surface area contributed by atoms with E-state index >= 15 is 0 Å². The molecule has 2 N–H and O–H groups in total. The van der Waals surface area contributed by atoms with E-state index < -0.39 is 5.60 Å². The summed E-state index contributed by atoms with van der Waals surface area (Å²) in [5.74, 6) is 0. The van der Waals surface area contributed by atoms with Crippen molar-refractivity contribution >= 4 is 18.2 Å². The summed E-state index contributed by atoms with van der Waals surface area (Å²) in [5, 5.41) is 5.35. The fraction of sp³-hybridized carbons (Fsp3) is 0.500. The molecule has 0 atom stereocenters. The summed E-state index contributed by atoms with van der Waals surface area (Å²) in [4.78, 5) is 24.0. The van der Waals surface area contributed by atoms with E-state index in [1.54, 1.807) is 4.90 Å². The lowest BCUT2D eigenvalue weighted by Gasteiger charge is -2.24. The van der Waals surface area contributed by atoms with Crippen LogP contribution >= 0.6 is 0 Å². The molecule has 0 aliphatic carbocycles. The molecule has 0 fully saturated rings. The second-order valence-corrected chi connectivity index (χ2v) is 6.08. The molecule has 1 aliphatic rings. The van der Waals surface area contributed by atoms with Gasteiger partial charge in [-0.05, 0) is 58.1 Å². The van der Waals surface area contributed by atoms with Crippen LogP contribution in [-0.2, 0) is 22.6 Å². The van der Waals surface area contributed by atoms with Gasteiger partial charge in [-0.15, -0.1) is 0 Å². The average molecular weight is 307 g/mol. The first kappa shape index (κ1) is 18.0. The molecule has 1 aromatic rings. The minimum atomic E-state index is -0.490. The maximum Gasteiger partial charge on any atom is 0.410 e. The molecular formula is C16H25N3O3. The highest BCUT2D eigenvalue weighted by Gasteiger charge is 2.27. The van der Waals surface area contributed by atoms with E-state index in [1.807, 2.05) is 53.1 Å². The van der Waals surface area contributed by atoms with Gasteiger partial charge in [0.05, 0.1) is 0 Å². The quantitative estimate of drug-likeness (QED) is 0.823. The molecule has 2 amide bonds. The third-order valence-corrected chi connectivity index (χ3v) is 2.81. The Morgan fingerprint density at radius 1 is 1.23 bits per heavy atom. The number of carbonyl (C=O) groups is 2. The van der Waals surface area contributed by atoms with E-state index in [4.69, 9.17) is 4.74 Å². The monoisotopic (exact) mass is 307 g/mol. The number of fused-ring (bicyclic) bond motifs is 1. The highest BCUT2D eigenvalue weighted by atomic mass is 16.6. The van der Waals surface area contributed by atoms with Crippen LogP contribution < -0.4 is 10.6 Å². The number of anilines is 1. The van der Waals surface area contributed by atoms with Crippen LogP contribution in [-0.4, -0.2) is 37.1 Å². The van der Waals surface area contributed by atoms with Gasteiger partial charge in [0.1, 0.15) is 5.60 Å². The maximum absolute atomic E-state index is 12.0. The molecule has 122 valence electrons. The van der Waals surface area contributed by atoms with Gasteiger partial charge in [-0.3, -0.25) is 9.69 Å². The second-order valence-electron chi connectivity index (χ2n) is 6.08. The Balaban J connectivity index is 0.000000745. The Labute approximate surface area is 131 Å².